The van der Waals surface area contributed by atoms with Crippen molar-refractivity contribution in [1.82, 2.24) is 4.90 Å². The third-order valence-electron chi connectivity index (χ3n) is 3.96. The Hall–Kier alpha value is 0.210. The van der Waals surface area contributed by atoms with E-state index in [1.165, 1.54) is 32.1 Å². The summed E-state index contributed by atoms with van der Waals surface area (Å²) in [5.74, 6) is 0.743. The third kappa shape index (κ3) is 3.12. The Morgan fingerprint density at radius 2 is 2.06 bits per heavy atom. The van der Waals surface area contributed by atoms with Crippen LogP contribution in [0.2, 0.25) is 0 Å². The van der Waals surface area contributed by atoms with E-state index in [1.807, 2.05) is 0 Å². The maximum atomic E-state index is 6.06. The Bertz CT molecular complexity index is 228. The molecule has 0 spiro atoms. The number of hydrogen-bond donors (Lipinski definition) is 0. The van der Waals surface area contributed by atoms with Gasteiger partial charge in [0.25, 0.3) is 0 Å². The van der Waals surface area contributed by atoms with Gasteiger partial charge in [0, 0.05) is 25.0 Å². The second kappa shape index (κ2) is 5.24. The summed E-state index contributed by atoms with van der Waals surface area (Å²) in [6, 6.07) is 0.783. The highest BCUT2D eigenvalue weighted by Crippen LogP contribution is 2.32. The van der Waals surface area contributed by atoms with Crippen molar-refractivity contribution >= 4 is 11.6 Å². The maximum Gasteiger partial charge on any atom is 0.0710 e. The molecule has 16 heavy (non-hydrogen) atoms. The van der Waals surface area contributed by atoms with Crippen LogP contribution in [0.1, 0.15) is 46.0 Å². The molecular formula is C13H24ClNO. The fourth-order valence-electron chi connectivity index (χ4n) is 2.75. The molecular weight excluding hydrogens is 222 g/mol. The zero-order valence-corrected chi connectivity index (χ0v) is 11.3. The Morgan fingerprint density at radius 1 is 1.31 bits per heavy atom. The Morgan fingerprint density at radius 3 is 2.50 bits per heavy atom. The first kappa shape index (κ1) is 12.7. The molecule has 2 aliphatic rings. The van der Waals surface area contributed by atoms with Gasteiger partial charge in [-0.15, -0.1) is 11.6 Å². The minimum Gasteiger partial charge on any atom is -0.371 e. The summed E-state index contributed by atoms with van der Waals surface area (Å²) >= 11 is 5.88. The van der Waals surface area contributed by atoms with Gasteiger partial charge in [0.2, 0.25) is 0 Å². The molecule has 1 aliphatic heterocycles. The van der Waals surface area contributed by atoms with Crippen LogP contribution in [0.3, 0.4) is 0 Å². The second-order valence-electron chi connectivity index (χ2n) is 5.81. The molecule has 1 saturated carbocycles. The molecule has 1 heterocycles. The van der Waals surface area contributed by atoms with E-state index in [0.29, 0.717) is 6.10 Å². The van der Waals surface area contributed by atoms with Crippen LogP contribution in [0.25, 0.3) is 0 Å². The molecule has 0 aromatic heterocycles. The largest absolute Gasteiger partial charge is 0.371 e. The second-order valence-corrected chi connectivity index (χ2v) is 6.18. The maximum absolute atomic E-state index is 6.06. The lowest BCUT2D eigenvalue weighted by atomic mass is 9.91. The van der Waals surface area contributed by atoms with E-state index in [9.17, 15) is 0 Å². The minimum atomic E-state index is 0.0942. The van der Waals surface area contributed by atoms with Crippen molar-refractivity contribution in [2.45, 2.75) is 63.7 Å². The van der Waals surface area contributed by atoms with Crippen molar-refractivity contribution < 1.29 is 4.74 Å². The predicted molar refractivity (Wildman–Crippen MR) is 68.1 cm³/mol. The average Bonchev–Trinajstić information content (AvgIpc) is 2.43. The number of ether oxygens (including phenoxy) is 1. The fourth-order valence-corrected chi connectivity index (χ4v) is 2.97. The van der Waals surface area contributed by atoms with Crippen molar-refractivity contribution in [3.8, 4) is 0 Å². The lowest BCUT2D eigenvalue weighted by Gasteiger charge is -2.38. The quantitative estimate of drug-likeness (QED) is 0.691. The van der Waals surface area contributed by atoms with Gasteiger partial charge in [-0.3, -0.25) is 4.90 Å². The van der Waals surface area contributed by atoms with Gasteiger partial charge in [0.05, 0.1) is 11.7 Å². The van der Waals surface area contributed by atoms with Crippen molar-refractivity contribution in [2.75, 3.05) is 19.0 Å². The van der Waals surface area contributed by atoms with Crippen LogP contribution in [-0.4, -0.2) is 41.6 Å². The summed E-state index contributed by atoms with van der Waals surface area (Å²) in [6.45, 7) is 6.50. The molecule has 0 aromatic carbocycles. The molecule has 0 radical (unpaired) electrons. The van der Waals surface area contributed by atoms with Crippen LogP contribution in [0.5, 0.6) is 0 Å². The normalized spacial score (nSPS) is 29.6. The lowest BCUT2D eigenvalue weighted by Crippen LogP contribution is -2.45. The number of hydrogen-bond acceptors (Lipinski definition) is 2. The molecule has 0 bridgehead atoms. The number of halogens is 1. The van der Waals surface area contributed by atoms with E-state index >= 15 is 0 Å². The summed E-state index contributed by atoms with van der Waals surface area (Å²) in [5.41, 5.74) is 0.0942. The highest BCUT2D eigenvalue weighted by atomic mass is 35.5. The highest BCUT2D eigenvalue weighted by molar-refractivity contribution is 6.18. The van der Waals surface area contributed by atoms with Crippen LogP contribution in [0.15, 0.2) is 0 Å². The van der Waals surface area contributed by atoms with Crippen LogP contribution in [0.4, 0.5) is 0 Å². The fraction of sp³-hybridized carbons (Fsp3) is 1.00. The summed E-state index contributed by atoms with van der Waals surface area (Å²) < 4.78 is 6.06. The van der Waals surface area contributed by atoms with Crippen LogP contribution in [-0.2, 0) is 4.74 Å². The van der Waals surface area contributed by atoms with Gasteiger partial charge in [0.1, 0.15) is 0 Å². The van der Waals surface area contributed by atoms with Crippen molar-refractivity contribution in [3.05, 3.63) is 0 Å². The first-order valence-corrected chi connectivity index (χ1v) is 7.12. The first-order chi connectivity index (χ1) is 7.61. The van der Waals surface area contributed by atoms with Gasteiger partial charge in [-0.2, -0.15) is 0 Å². The molecule has 0 N–H and O–H groups in total. The molecule has 0 amide bonds. The van der Waals surface area contributed by atoms with E-state index in [0.717, 1.165) is 25.0 Å². The van der Waals surface area contributed by atoms with Crippen molar-refractivity contribution in [2.24, 2.45) is 0 Å². The SMILES string of the molecule is CC1(C)CCC(CN(CCCl)C2CCC2)O1. The molecule has 94 valence electrons. The molecule has 0 aromatic rings. The minimum absolute atomic E-state index is 0.0942. The van der Waals surface area contributed by atoms with E-state index in [2.05, 4.69) is 18.7 Å². The van der Waals surface area contributed by atoms with Gasteiger partial charge >= 0.3 is 0 Å². The van der Waals surface area contributed by atoms with Crippen molar-refractivity contribution in [3.63, 3.8) is 0 Å². The van der Waals surface area contributed by atoms with Gasteiger partial charge < -0.3 is 4.74 Å². The van der Waals surface area contributed by atoms with Gasteiger partial charge in [-0.05, 0) is 39.5 Å². The Kier molecular flexibility index (Phi) is 4.15. The van der Waals surface area contributed by atoms with Crippen LogP contribution < -0.4 is 0 Å². The summed E-state index contributed by atoms with van der Waals surface area (Å²) in [7, 11) is 0. The van der Waals surface area contributed by atoms with E-state index in [-0.39, 0.29) is 5.60 Å². The van der Waals surface area contributed by atoms with E-state index in [4.69, 9.17) is 16.3 Å². The summed E-state index contributed by atoms with van der Waals surface area (Å²) in [6.07, 6.45) is 6.93. The van der Waals surface area contributed by atoms with Crippen LogP contribution >= 0.6 is 11.6 Å². The summed E-state index contributed by atoms with van der Waals surface area (Å²) in [5, 5.41) is 0. The van der Waals surface area contributed by atoms with Gasteiger partial charge in [-0.1, -0.05) is 6.42 Å². The van der Waals surface area contributed by atoms with Crippen LogP contribution in [0, 0.1) is 0 Å². The van der Waals surface area contributed by atoms with E-state index in [1.54, 1.807) is 0 Å². The third-order valence-corrected chi connectivity index (χ3v) is 4.12. The zero-order chi connectivity index (χ0) is 11.6. The number of rotatable bonds is 5. The molecule has 3 heteroatoms. The smallest absolute Gasteiger partial charge is 0.0710 e. The predicted octanol–water partition coefficient (Wildman–Crippen LogP) is 3.04. The monoisotopic (exact) mass is 245 g/mol. The number of alkyl halides is 1. The summed E-state index contributed by atoms with van der Waals surface area (Å²) in [4.78, 5) is 2.54. The van der Waals surface area contributed by atoms with E-state index < -0.39 is 0 Å². The van der Waals surface area contributed by atoms with Gasteiger partial charge in [-0.25, -0.2) is 0 Å². The Balaban J connectivity index is 1.81. The van der Waals surface area contributed by atoms with Gasteiger partial charge in [0.15, 0.2) is 0 Å². The molecule has 1 saturated heterocycles. The first-order valence-electron chi connectivity index (χ1n) is 6.58. The lowest BCUT2D eigenvalue weighted by molar-refractivity contribution is -0.0377. The molecule has 2 rings (SSSR count). The average molecular weight is 246 g/mol. The topological polar surface area (TPSA) is 12.5 Å². The number of nitrogens with zero attached hydrogens (tertiary/aromatic N) is 1. The van der Waals surface area contributed by atoms with Crippen molar-refractivity contribution in [1.29, 1.82) is 0 Å². The zero-order valence-electron chi connectivity index (χ0n) is 10.5. The molecule has 1 unspecified atom stereocenters. The molecule has 1 atom stereocenters. The molecule has 1 aliphatic carbocycles. The Labute approximate surface area is 104 Å². The molecule has 2 fully saturated rings. The highest BCUT2D eigenvalue weighted by Gasteiger charge is 2.34. The standard InChI is InChI=1S/C13H24ClNO/c1-13(2)7-6-12(16-13)10-15(9-8-14)11-4-3-5-11/h11-12H,3-10H2,1-2H3. The molecule has 2 nitrogen and oxygen atoms in total.